The number of carbonyl (C=O) groups is 3. The predicted octanol–water partition coefficient (Wildman–Crippen LogP) is 3.34. The molecule has 0 bridgehead atoms. The Hall–Kier alpha value is -3.36. The first kappa shape index (κ1) is 21.4. The zero-order valence-electron chi connectivity index (χ0n) is 16.1. The highest BCUT2D eigenvalue weighted by molar-refractivity contribution is 6.01. The van der Waals surface area contributed by atoms with Crippen molar-refractivity contribution in [2.45, 2.75) is 26.1 Å². The maximum Gasteiger partial charge on any atom is 0.416 e. The summed E-state index contributed by atoms with van der Waals surface area (Å²) in [5.41, 5.74) is 0.346. The SMILES string of the molecule is CC(=O)c1ccc2c(c1)N(CCC(=O)NCc1cccc(C(F)(F)F)c1)C(=O)CO2. The van der Waals surface area contributed by atoms with Gasteiger partial charge in [0.1, 0.15) is 5.75 Å². The summed E-state index contributed by atoms with van der Waals surface area (Å²) < 4.78 is 43.7. The Bertz CT molecular complexity index is 988. The van der Waals surface area contributed by atoms with Gasteiger partial charge in [-0.25, -0.2) is 0 Å². The van der Waals surface area contributed by atoms with Crippen molar-refractivity contribution in [3.63, 3.8) is 0 Å². The van der Waals surface area contributed by atoms with E-state index >= 15 is 0 Å². The molecule has 0 radical (unpaired) electrons. The van der Waals surface area contributed by atoms with Crippen molar-refractivity contribution < 1.29 is 32.3 Å². The van der Waals surface area contributed by atoms with Crippen LogP contribution >= 0.6 is 0 Å². The van der Waals surface area contributed by atoms with E-state index in [1.54, 1.807) is 12.1 Å². The van der Waals surface area contributed by atoms with Crippen LogP contribution in [0.5, 0.6) is 5.75 Å². The van der Waals surface area contributed by atoms with E-state index in [9.17, 15) is 27.6 Å². The van der Waals surface area contributed by atoms with Crippen LogP contribution in [0.25, 0.3) is 0 Å². The molecule has 0 aromatic heterocycles. The van der Waals surface area contributed by atoms with Gasteiger partial charge in [-0.1, -0.05) is 12.1 Å². The van der Waals surface area contributed by atoms with Gasteiger partial charge >= 0.3 is 6.18 Å². The molecule has 2 amide bonds. The number of rotatable bonds is 6. The van der Waals surface area contributed by atoms with Gasteiger partial charge in [-0.3, -0.25) is 14.4 Å². The monoisotopic (exact) mass is 420 g/mol. The summed E-state index contributed by atoms with van der Waals surface area (Å²) in [5, 5.41) is 2.56. The Labute approximate surface area is 170 Å². The topological polar surface area (TPSA) is 75.7 Å². The Morgan fingerprint density at radius 1 is 1.17 bits per heavy atom. The van der Waals surface area contributed by atoms with Crippen LogP contribution in [0.3, 0.4) is 0 Å². The van der Waals surface area contributed by atoms with E-state index in [-0.39, 0.29) is 37.8 Å². The molecule has 0 spiro atoms. The van der Waals surface area contributed by atoms with Crippen LogP contribution in [-0.2, 0) is 22.3 Å². The van der Waals surface area contributed by atoms with Crippen molar-refractivity contribution in [1.82, 2.24) is 5.32 Å². The van der Waals surface area contributed by atoms with Crippen molar-refractivity contribution in [1.29, 1.82) is 0 Å². The van der Waals surface area contributed by atoms with Crippen LogP contribution in [0, 0.1) is 0 Å². The lowest BCUT2D eigenvalue weighted by Gasteiger charge is -2.29. The molecular weight excluding hydrogens is 401 g/mol. The summed E-state index contributed by atoms with van der Waals surface area (Å²) in [4.78, 5) is 37.4. The Balaban J connectivity index is 1.62. The normalized spacial score (nSPS) is 13.5. The third-order valence-corrected chi connectivity index (χ3v) is 4.61. The number of amides is 2. The lowest BCUT2D eigenvalue weighted by Crippen LogP contribution is -2.41. The number of ketones is 1. The quantitative estimate of drug-likeness (QED) is 0.728. The van der Waals surface area contributed by atoms with Crippen molar-refractivity contribution >= 4 is 23.3 Å². The number of alkyl halides is 3. The smallest absolute Gasteiger partial charge is 0.416 e. The van der Waals surface area contributed by atoms with Crippen LogP contribution in [0.2, 0.25) is 0 Å². The first-order valence-electron chi connectivity index (χ1n) is 9.16. The van der Waals surface area contributed by atoms with E-state index in [1.165, 1.54) is 30.0 Å². The first-order valence-corrected chi connectivity index (χ1v) is 9.16. The highest BCUT2D eigenvalue weighted by Crippen LogP contribution is 2.33. The molecule has 0 saturated carbocycles. The molecule has 0 saturated heterocycles. The van der Waals surface area contributed by atoms with Crippen LogP contribution in [-0.4, -0.2) is 30.7 Å². The average Bonchev–Trinajstić information content (AvgIpc) is 2.70. The second-order valence-corrected chi connectivity index (χ2v) is 6.80. The van der Waals surface area contributed by atoms with Gasteiger partial charge in [0.25, 0.3) is 5.91 Å². The maximum atomic E-state index is 12.8. The van der Waals surface area contributed by atoms with Gasteiger partial charge in [0, 0.05) is 25.1 Å². The number of carbonyl (C=O) groups excluding carboxylic acids is 3. The number of hydrogen-bond acceptors (Lipinski definition) is 4. The van der Waals surface area contributed by atoms with Gasteiger partial charge in [-0.2, -0.15) is 13.2 Å². The number of fused-ring (bicyclic) bond motifs is 1. The van der Waals surface area contributed by atoms with E-state index < -0.39 is 17.6 Å². The van der Waals surface area contributed by atoms with Crippen molar-refractivity contribution in [3.05, 3.63) is 59.2 Å². The van der Waals surface area contributed by atoms with Crippen LogP contribution in [0.15, 0.2) is 42.5 Å². The van der Waals surface area contributed by atoms with E-state index in [0.29, 0.717) is 22.6 Å². The molecular formula is C21H19F3N2O4. The summed E-state index contributed by atoms with van der Waals surface area (Å²) in [6, 6.07) is 9.43. The molecule has 6 nitrogen and oxygen atoms in total. The number of hydrogen-bond donors (Lipinski definition) is 1. The zero-order chi connectivity index (χ0) is 21.9. The second kappa shape index (κ2) is 8.56. The molecule has 9 heteroatoms. The Morgan fingerprint density at radius 3 is 2.63 bits per heavy atom. The number of nitrogens with zero attached hydrogens (tertiary/aromatic N) is 1. The molecule has 0 aliphatic carbocycles. The lowest BCUT2D eigenvalue weighted by atomic mass is 10.1. The number of nitrogens with one attached hydrogen (secondary N) is 1. The van der Waals surface area contributed by atoms with Crippen molar-refractivity contribution in [2.24, 2.45) is 0 Å². The molecule has 0 atom stereocenters. The van der Waals surface area contributed by atoms with Crippen LogP contribution < -0.4 is 15.0 Å². The minimum atomic E-state index is -4.46. The van der Waals surface area contributed by atoms with Gasteiger partial charge in [0.15, 0.2) is 12.4 Å². The number of halogens is 3. The molecule has 3 rings (SSSR count). The van der Waals surface area contributed by atoms with E-state index in [1.807, 2.05) is 0 Å². The van der Waals surface area contributed by atoms with Gasteiger partial charge in [-0.15, -0.1) is 0 Å². The summed E-state index contributed by atoms with van der Waals surface area (Å²) in [6.07, 6.45) is -4.52. The van der Waals surface area contributed by atoms with Crippen molar-refractivity contribution in [2.75, 3.05) is 18.1 Å². The highest BCUT2D eigenvalue weighted by Gasteiger charge is 2.30. The third kappa shape index (κ3) is 4.97. The minimum absolute atomic E-state index is 0.0466. The van der Waals surface area contributed by atoms with Crippen molar-refractivity contribution in [3.8, 4) is 5.75 Å². The van der Waals surface area contributed by atoms with E-state index in [2.05, 4.69) is 5.32 Å². The molecule has 0 unspecified atom stereocenters. The van der Waals surface area contributed by atoms with Gasteiger partial charge in [-0.05, 0) is 42.8 Å². The fraction of sp³-hybridized carbons (Fsp3) is 0.286. The minimum Gasteiger partial charge on any atom is -0.482 e. The number of ether oxygens (including phenoxy) is 1. The molecule has 2 aromatic carbocycles. The third-order valence-electron chi connectivity index (χ3n) is 4.61. The predicted molar refractivity (Wildman–Crippen MR) is 102 cm³/mol. The lowest BCUT2D eigenvalue weighted by molar-refractivity contribution is -0.137. The van der Waals surface area contributed by atoms with Gasteiger partial charge in [0.2, 0.25) is 5.91 Å². The van der Waals surface area contributed by atoms with E-state index in [0.717, 1.165) is 12.1 Å². The molecule has 1 aliphatic heterocycles. The molecule has 1 N–H and O–H groups in total. The maximum absolute atomic E-state index is 12.8. The number of anilines is 1. The largest absolute Gasteiger partial charge is 0.482 e. The molecule has 30 heavy (non-hydrogen) atoms. The van der Waals surface area contributed by atoms with Gasteiger partial charge in [0.05, 0.1) is 11.3 Å². The summed E-state index contributed by atoms with van der Waals surface area (Å²) in [5.74, 6) is -0.511. The molecule has 1 heterocycles. The number of Topliss-reactive ketones (excluding diaryl/α,β-unsaturated/α-hetero) is 1. The standard InChI is InChI=1S/C21H19F3N2O4/c1-13(27)15-5-6-18-17(10-15)26(20(29)12-30-18)8-7-19(28)25-11-14-3-2-4-16(9-14)21(22,23)24/h2-6,9-10H,7-8,11-12H2,1H3,(H,25,28). The molecule has 1 aliphatic rings. The van der Waals surface area contributed by atoms with Gasteiger partial charge < -0.3 is 15.0 Å². The molecule has 158 valence electrons. The Kier molecular flexibility index (Phi) is 6.09. The first-order chi connectivity index (χ1) is 14.1. The zero-order valence-corrected chi connectivity index (χ0v) is 16.1. The fourth-order valence-corrected chi connectivity index (χ4v) is 3.03. The Morgan fingerprint density at radius 2 is 1.93 bits per heavy atom. The number of benzene rings is 2. The average molecular weight is 420 g/mol. The van der Waals surface area contributed by atoms with E-state index in [4.69, 9.17) is 4.74 Å². The molecule has 0 fully saturated rings. The molecule has 2 aromatic rings. The van der Waals surface area contributed by atoms with Crippen LogP contribution in [0.4, 0.5) is 18.9 Å². The second-order valence-electron chi connectivity index (χ2n) is 6.80. The summed E-state index contributed by atoms with van der Waals surface area (Å²) >= 11 is 0. The highest BCUT2D eigenvalue weighted by atomic mass is 19.4. The summed E-state index contributed by atoms with van der Waals surface area (Å²) in [7, 11) is 0. The van der Waals surface area contributed by atoms with Crippen LogP contribution in [0.1, 0.15) is 34.8 Å². The summed E-state index contributed by atoms with van der Waals surface area (Å²) in [6.45, 7) is 1.20. The fourth-order valence-electron chi connectivity index (χ4n) is 3.03.